The van der Waals surface area contributed by atoms with Gasteiger partial charge in [0.05, 0.1) is 16.9 Å². The fourth-order valence-corrected chi connectivity index (χ4v) is 3.08. The Bertz CT molecular complexity index is 891. The standard InChI is InChI=1S/C17H14O4S/c1-3-20-17(19)12-7-4-6-11-14(18)10(2)15(21-16(11)12)13-8-5-9-22-13/h4-9H,3H2,1-2H3. The summed E-state index contributed by atoms with van der Waals surface area (Å²) in [6, 6.07) is 8.71. The van der Waals surface area contributed by atoms with E-state index >= 15 is 0 Å². The fourth-order valence-electron chi connectivity index (χ4n) is 2.32. The minimum absolute atomic E-state index is 0.129. The first-order valence-electron chi connectivity index (χ1n) is 6.91. The van der Waals surface area contributed by atoms with Crippen molar-refractivity contribution in [3.63, 3.8) is 0 Å². The van der Waals surface area contributed by atoms with Crippen molar-refractivity contribution in [1.82, 2.24) is 0 Å². The molecule has 0 aliphatic carbocycles. The van der Waals surface area contributed by atoms with E-state index in [0.29, 0.717) is 16.7 Å². The van der Waals surface area contributed by atoms with Gasteiger partial charge in [0.2, 0.25) is 0 Å². The van der Waals surface area contributed by atoms with Crippen molar-refractivity contribution in [3.8, 4) is 10.6 Å². The molecule has 0 saturated carbocycles. The van der Waals surface area contributed by atoms with Gasteiger partial charge in [-0.25, -0.2) is 4.79 Å². The Morgan fingerprint density at radius 2 is 2.09 bits per heavy atom. The Balaban J connectivity index is 2.33. The van der Waals surface area contributed by atoms with Crippen molar-refractivity contribution in [3.05, 3.63) is 57.1 Å². The Labute approximate surface area is 131 Å². The predicted molar refractivity (Wildman–Crippen MR) is 86.5 cm³/mol. The van der Waals surface area contributed by atoms with E-state index in [-0.39, 0.29) is 23.2 Å². The number of hydrogen-bond acceptors (Lipinski definition) is 5. The van der Waals surface area contributed by atoms with Gasteiger partial charge < -0.3 is 9.15 Å². The highest BCUT2D eigenvalue weighted by Crippen LogP contribution is 2.30. The second-order valence-electron chi connectivity index (χ2n) is 4.77. The molecule has 3 aromatic rings. The summed E-state index contributed by atoms with van der Waals surface area (Å²) in [6.45, 7) is 3.74. The average molecular weight is 314 g/mol. The van der Waals surface area contributed by atoms with Crippen LogP contribution in [0.25, 0.3) is 21.6 Å². The molecule has 0 spiro atoms. The van der Waals surface area contributed by atoms with Gasteiger partial charge in [-0.1, -0.05) is 12.1 Å². The first kappa shape index (κ1) is 14.5. The van der Waals surface area contributed by atoms with Gasteiger partial charge in [0.1, 0.15) is 5.56 Å². The molecule has 0 fully saturated rings. The molecule has 2 aromatic heterocycles. The van der Waals surface area contributed by atoms with Crippen LogP contribution in [0.5, 0.6) is 0 Å². The van der Waals surface area contributed by atoms with Gasteiger partial charge in [0.25, 0.3) is 0 Å². The molecule has 0 bridgehead atoms. The molecule has 112 valence electrons. The van der Waals surface area contributed by atoms with Crippen LogP contribution in [0.1, 0.15) is 22.8 Å². The molecule has 5 heteroatoms. The predicted octanol–water partition coefficient (Wildman–Crippen LogP) is 4.01. The SMILES string of the molecule is CCOC(=O)c1cccc2c(=O)c(C)c(-c3cccs3)oc12. The summed E-state index contributed by atoms with van der Waals surface area (Å²) in [5.41, 5.74) is 0.959. The largest absolute Gasteiger partial charge is 0.462 e. The van der Waals surface area contributed by atoms with Gasteiger partial charge in [-0.3, -0.25) is 4.79 Å². The molecule has 4 nitrogen and oxygen atoms in total. The zero-order valence-corrected chi connectivity index (χ0v) is 13.0. The lowest BCUT2D eigenvalue weighted by Gasteiger charge is -2.08. The van der Waals surface area contributed by atoms with Crippen molar-refractivity contribution in [2.45, 2.75) is 13.8 Å². The number of carbonyl (C=O) groups excluding carboxylic acids is 1. The molecule has 0 aliphatic heterocycles. The van der Waals surface area contributed by atoms with E-state index in [9.17, 15) is 9.59 Å². The van der Waals surface area contributed by atoms with Crippen LogP contribution in [0.3, 0.4) is 0 Å². The highest BCUT2D eigenvalue weighted by atomic mass is 32.1. The third-order valence-corrected chi connectivity index (χ3v) is 4.25. The summed E-state index contributed by atoms with van der Waals surface area (Å²) >= 11 is 1.48. The van der Waals surface area contributed by atoms with Gasteiger partial charge in [-0.05, 0) is 37.4 Å². The number of esters is 1. The van der Waals surface area contributed by atoms with Crippen molar-refractivity contribution >= 4 is 28.3 Å². The van der Waals surface area contributed by atoms with Crippen molar-refractivity contribution in [1.29, 1.82) is 0 Å². The Morgan fingerprint density at radius 3 is 2.77 bits per heavy atom. The highest BCUT2D eigenvalue weighted by Gasteiger charge is 2.19. The van der Waals surface area contributed by atoms with Gasteiger partial charge in [0, 0.05) is 5.56 Å². The number of ether oxygens (including phenoxy) is 1. The number of benzene rings is 1. The fraction of sp³-hybridized carbons (Fsp3) is 0.176. The Kier molecular flexibility index (Phi) is 3.81. The molecule has 0 saturated heterocycles. The van der Waals surface area contributed by atoms with E-state index < -0.39 is 5.97 Å². The molecular weight excluding hydrogens is 300 g/mol. The summed E-state index contributed by atoms with van der Waals surface area (Å²) < 4.78 is 11.0. The van der Waals surface area contributed by atoms with Crippen molar-refractivity contribution < 1.29 is 13.9 Å². The average Bonchev–Trinajstić information content (AvgIpc) is 3.04. The van der Waals surface area contributed by atoms with Crippen molar-refractivity contribution in [2.75, 3.05) is 6.61 Å². The minimum Gasteiger partial charge on any atom is -0.462 e. The van der Waals surface area contributed by atoms with Crippen LogP contribution in [0.15, 0.2) is 44.9 Å². The molecule has 0 unspecified atom stereocenters. The summed E-state index contributed by atoms with van der Waals surface area (Å²) in [4.78, 5) is 25.5. The summed E-state index contributed by atoms with van der Waals surface area (Å²) in [5.74, 6) is 0.0153. The molecule has 0 atom stereocenters. The highest BCUT2D eigenvalue weighted by molar-refractivity contribution is 7.13. The lowest BCUT2D eigenvalue weighted by atomic mass is 10.1. The van der Waals surface area contributed by atoms with Gasteiger partial charge >= 0.3 is 5.97 Å². The Hall–Kier alpha value is -2.40. The maximum atomic E-state index is 12.6. The third-order valence-electron chi connectivity index (χ3n) is 3.39. The van der Waals surface area contributed by atoms with Gasteiger partial charge in [-0.15, -0.1) is 11.3 Å². The molecule has 22 heavy (non-hydrogen) atoms. The van der Waals surface area contributed by atoms with Gasteiger partial charge in [-0.2, -0.15) is 0 Å². The van der Waals surface area contributed by atoms with E-state index in [1.54, 1.807) is 32.0 Å². The molecule has 0 radical (unpaired) electrons. The smallest absolute Gasteiger partial charge is 0.341 e. The Morgan fingerprint density at radius 1 is 1.27 bits per heavy atom. The number of para-hydroxylation sites is 1. The number of rotatable bonds is 3. The van der Waals surface area contributed by atoms with Crippen molar-refractivity contribution in [2.24, 2.45) is 0 Å². The quantitative estimate of drug-likeness (QED) is 0.685. The third kappa shape index (κ3) is 2.33. The molecule has 0 N–H and O–H groups in total. The second-order valence-corrected chi connectivity index (χ2v) is 5.71. The molecule has 1 aromatic carbocycles. The lowest BCUT2D eigenvalue weighted by molar-refractivity contribution is 0.0527. The summed E-state index contributed by atoms with van der Waals surface area (Å²) in [6.07, 6.45) is 0. The number of hydrogen-bond donors (Lipinski definition) is 0. The molecule has 0 amide bonds. The normalized spacial score (nSPS) is 10.8. The van der Waals surface area contributed by atoms with E-state index in [0.717, 1.165) is 4.88 Å². The van der Waals surface area contributed by atoms with Crippen LogP contribution in [-0.4, -0.2) is 12.6 Å². The number of thiophene rings is 1. The van der Waals surface area contributed by atoms with Crippen LogP contribution in [0, 0.1) is 6.92 Å². The van der Waals surface area contributed by atoms with Crippen LogP contribution in [0.2, 0.25) is 0 Å². The lowest BCUT2D eigenvalue weighted by Crippen LogP contribution is -2.11. The van der Waals surface area contributed by atoms with E-state index in [4.69, 9.17) is 9.15 Å². The zero-order chi connectivity index (χ0) is 15.7. The van der Waals surface area contributed by atoms with E-state index in [1.165, 1.54) is 11.3 Å². The molecular formula is C17H14O4S. The first-order valence-corrected chi connectivity index (χ1v) is 7.79. The van der Waals surface area contributed by atoms with Crippen LogP contribution < -0.4 is 5.43 Å². The second kappa shape index (κ2) is 5.77. The minimum atomic E-state index is -0.489. The molecule has 2 heterocycles. The van der Waals surface area contributed by atoms with Gasteiger partial charge in [0.15, 0.2) is 16.8 Å². The topological polar surface area (TPSA) is 56.5 Å². The van der Waals surface area contributed by atoms with Crippen LogP contribution in [-0.2, 0) is 4.74 Å². The monoisotopic (exact) mass is 314 g/mol. The number of carbonyl (C=O) groups is 1. The summed E-state index contributed by atoms with van der Waals surface area (Å²) in [5, 5.41) is 2.30. The zero-order valence-electron chi connectivity index (χ0n) is 12.2. The molecule has 0 aliphatic rings. The first-order chi connectivity index (χ1) is 10.6. The molecule has 3 rings (SSSR count). The number of fused-ring (bicyclic) bond motifs is 1. The summed E-state index contributed by atoms with van der Waals surface area (Å²) in [7, 11) is 0. The van der Waals surface area contributed by atoms with E-state index in [1.807, 2.05) is 17.5 Å². The maximum absolute atomic E-state index is 12.6. The van der Waals surface area contributed by atoms with Crippen LogP contribution >= 0.6 is 11.3 Å². The van der Waals surface area contributed by atoms with Crippen LogP contribution in [0.4, 0.5) is 0 Å². The van der Waals surface area contributed by atoms with E-state index in [2.05, 4.69) is 0 Å². The maximum Gasteiger partial charge on any atom is 0.341 e.